The van der Waals surface area contributed by atoms with Crippen LogP contribution >= 0.6 is 0 Å². The summed E-state index contributed by atoms with van der Waals surface area (Å²) in [6, 6.07) is 5.30. The molecule has 0 amide bonds. The molecule has 26 heavy (non-hydrogen) atoms. The summed E-state index contributed by atoms with van der Waals surface area (Å²) in [7, 11) is 0.798. The number of carboxylic acid groups (broad SMARTS) is 1. The van der Waals surface area contributed by atoms with Crippen molar-refractivity contribution in [2.75, 3.05) is 26.7 Å². The number of carboxylic acids is 1. The van der Waals surface area contributed by atoms with Crippen molar-refractivity contribution < 1.29 is 24.4 Å². The molecule has 0 bridgehead atoms. The van der Waals surface area contributed by atoms with Gasteiger partial charge in [0.15, 0.2) is 0 Å². The number of ketones is 1. The number of fused-ring (bicyclic) bond motifs is 1. The Labute approximate surface area is 153 Å². The van der Waals surface area contributed by atoms with E-state index >= 15 is 0 Å². The predicted molar refractivity (Wildman–Crippen MR) is 97.6 cm³/mol. The first kappa shape index (κ1) is 18.9. The molecule has 3 rings (SSSR count). The topological polar surface area (TPSA) is 99.1 Å². The summed E-state index contributed by atoms with van der Waals surface area (Å²) in [5, 5.41) is 22.8. The van der Waals surface area contributed by atoms with Crippen LogP contribution < -0.4 is 9.97 Å². The molecule has 3 N–H and O–H groups in total. The van der Waals surface area contributed by atoms with Gasteiger partial charge < -0.3 is 20.1 Å². The van der Waals surface area contributed by atoms with E-state index < -0.39 is 13.1 Å². The smallest absolute Gasteiger partial charge is 0.526 e. The van der Waals surface area contributed by atoms with Crippen LogP contribution in [-0.4, -0.2) is 66.6 Å². The minimum atomic E-state index is -1.17. The average molecular weight is 360 g/mol. The highest BCUT2D eigenvalue weighted by molar-refractivity contribution is 6.47. The number of carbonyl (C=O) groups excluding carboxylic acids is 1. The molecule has 0 aliphatic carbocycles. The third-order valence-electron chi connectivity index (χ3n) is 5.30. The number of likely N-dealkylation sites (N-methyl/N-ethyl adjacent to an activating group) is 1. The molecule has 1 aromatic carbocycles. The van der Waals surface area contributed by atoms with Crippen LogP contribution in [0.15, 0.2) is 18.2 Å². The van der Waals surface area contributed by atoms with Gasteiger partial charge >= 0.3 is 13.1 Å². The van der Waals surface area contributed by atoms with E-state index in [1.807, 2.05) is 7.05 Å². The number of para-hydroxylation sites is 1. The number of Topliss-reactive ketones (excluding diaryl/α,β-unsaturated/α-hetero) is 1. The van der Waals surface area contributed by atoms with Crippen molar-refractivity contribution in [2.45, 2.75) is 37.5 Å². The molecule has 1 atom stereocenters. The third-order valence-corrected chi connectivity index (χ3v) is 5.30. The molecule has 1 aromatic rings. The summed E-state index contributed by atoms with van der Waals surface area (Å²) >= 11 is 0. The molecule has 0 unspecified atom stereocenters. The Kier molecular flexibility index (Phi) is 5.96. The van der Waals surface area contributed by atoms with E-state index in [0.29, 0.717) is 19.0 Å². The number of hydrogen-bond donors (Lipinski definition) is 3. The summed E-state index contributed by atoms with van der Waals surface area (Å²) in [4.78, 5) is 25.9. The molecule has 2 heterocycles. The first-order chi connectivity index (χ1) is 12.5. The number of nitrogens with zero attached hydrogens (tertiary/aromatic N) is 1. The first-order valence-corrected chi connectivity index (χ1v) is 9.08. The lowest BCUT2D eigenvalue weighted by Crippen LogP contribution is -2.44. The Morgan fingerprint density at radius 1 is 1.35 bits per heavy atom. The number of carbonyl (C=O) groups is 2. The monoisotopic (exact) mass is 360 g/mol. The minimum absolute atomic E-state index is 0.0389. The third kappa shape index (κ3) is 4.25. The van der Waals surface area contributed by atoms with Crippen molar-refractivity contribution in [1.82, 2.24) is 10.2 Å². The van der Waals surface area contributed by atoms with Gasteiger partial charge in [-0.3, -0.25) is 9.69 Å². The van der Waals surface area contributed by atoms with Gasteiger partial charge in [0.1, 0.15) is 11.5 Å². The summed E-state index contributed by atoms with van der Waals surface area (Å²) in [6.45, 7) is 2.30. The van der Waals surface area contributed by atoms with E-state index in [-0.39, 0.29) is 29.3 Å². The van der Waals surface area contributed by atoms with Crippen LogP contribution in [0, 0.1) is 0 Å². The molecule has 7 nitrogen and oxygen atoms in total. The molecule has 2 aliphatic heterocycles. The fourth-order valence-electron chi connectivity index (χ4n) is 3.84. The van der Waals surface area contributed by atoms with Gasteiger partial charge in [0.05, 0.1) is 12.1 Å². The largest absolute Gasteiger partial charge is 0.535 e. The molecular weight excluding hydrogens is 335 g/mol. The molecule has 0 radical (unpaired) electrons. The molecule has 0 aromatic heterocycles. The Morgan fingerprint density at radius 2 is 2.08 bits per heavy atom. The molecule has 140 valence electrons. The van der Waals surface area contributed by atoms with Crippen molar-refractivity contribution in [1.29, 1.82) is 0 Å². The lowest BCUT2D eigenvalue weighted by molar-refractivity contribution is -0.120. The molecule has 0 spiro atoms. The van der Waals surface area contributed by atoms with Crippen molar-refractivity contribution in [3.05, 3.63) is 29.3 Å². The zero-order valence-corrected chi connectivity index (χ0v) is 15.0. The van der Waals surface area contributed by atoms with E-state index in [0.717, 1.165) is 31.5 Å². The summed E-state index contributed by atoms with van der Waals surface area (Å²) in [5.74, 6) is -1.17. The Morgan fingerprint density at radius 3 is 2.77 bits per heavy atom. The summed E-state index contributed by atoms with van der Waals surface area (Å²) < 4.78 is 5.46. The highest BCUT2D eigenvalue weighted by Crippen LogP contribution is 2.36. The number of nitrogens with one attached hydrogen (secondary N) is 1. The minimum Gasteiger partial charge on any atom is -0.535 e. The van der Waals surface area contributed by atoms with Crippen molar-refractivity contribution in [3.63, 3.8) is 0 Å². The molecular formula is C18H25BN2O5. The van der Waals surface area contributed by atoms with Gasteiger partial charge in [-0.2, -0.15) is 0 Å². The van der Waals surface area contributed by atoms with E-state index in [1.165, 1.54) is 6.07 Å². The van der Waals surface area contributed by atoms with Crippen molar-refractivity contribution in [2.24, 2.45) is 0 Å². The molecule has 8 heteroatoms. The zero-order valence-electron chi connectivity index (χ0n) is 15.0. The molecule has 2 aliphatic rings. The zero-order chi connectivity index (χ0) is 18.7. The van der Waals surface area contributed by atoms with E-state index in [1.54, 1.807) is 12.1 Å². The number of hydrogen-bond acceptors (Lipinski definition) is 6. The van der Waals surface area contributed by atoms with Gasteiger partial charge in [-0.1, -0.05) is 12.1 Å². The fourth-order valence-corrected chi connectivity index (χ4v) is 3.84. The van der Waals surface area contributed by atoms with Crippen LogP contribution in [0.1, 0.15) is 35.2 Å². The second-order valence-electron chi connectivity index (χ2n) is 7.21. The van der Waals surface area contributed by atoms with Gasteiger partial charge in [0, 0.05) is 18.3 Å². The SMILES string of the molecule is CN(CC(=O)C[C@H]1Cc2cccc(C(=O)O)c2OB1O)C1CCNCC1. The molecule has 1 saturated heterocycles. The highest BCUT2D eigenvalue weighted by atomic mass is 16.5. The number of aromatic carboxylic acids is 1. The van der Waals surface area contributed by atoms with Crippen LogP contribution in [-0.2, 0) is 11.2 Å². The van der Waals surface area contributed by atoms with Gasteiger partial charge in [-0.15, -0.1) is 0 Å². The maximum atomic E-state index is 12.5. The quantitative estimate of drug-likeness (QED) is 0.646. The number of rotatable bonds is 6. The predicted octanol–water partition coefficient (Wildman–Crippen LogP) is 0.813. The Balaban J connectivity index is 1.61. The van der Waals surface area contributed by atoms with Crippen LogP contribution in [0.5, 0.6) is 5.75 Å². The standard InChI is InChI=1S/C18H25BN2O5/c1-21(14-5-7-20-8-6-14)11-15(22)10-13-9-12-3-2-4-16(18(23)24)17(12)26-19(13)25/h2-4,13-14,20,25H,5-11H2,1H3,(H,23,24)/t13-/m1/s1. The fraction of sp³-hybridized carbons (Fsp3) is 0.556. The van der Waals surface area contributed by atoms with Gasteiger partial charge in [0.2, 0.25) is 0 Å². The van der Waals surface area contributed by atoms with Crippen LogP contribution in [0.25, 0.3) is 0 Å². The second-order valence-corrected chi connectivity index (χ2v) is 7.21. The first-order valence-electron chi connectivity index (χ1n) is 9.08. The van der Waals surface area contributed by atoms with E-state index in [4.69, 9.17) is 4.65 Å². The lowest BCUT2D eigenvalue weighted by Gasteiger charge is -2.32. The lowest BCUT2D eigenvalue weighted by atomic mass is 9.64. The summed E-state index contributed by atoms with van der Waals surface area (Å²) in [5.41, 5.74) is 0.761. The Bertz CT molecular complexity index is 678. The highest BCUT2D eigenvalue weighted by Gasteiger charge is 2.38. The maximum Gasteiger partial charge on any atom is 0.526 e. The van der Waals surface area contributed by atoms with Gasteiger partial charge in [-0.05, 0) is 51.0 Å². The van der Waals surface area contributed by atoms with Crippen molar-refractivity contribution in [3.8, 4) is 5.75 Å². The molecule has 0 saturated carbocycles. The normalized spacial score (nSPS) is 20.6. The van der Waals surface area contributed by atoms with Crippen LogP contribution in [0.2, 0.25) is 5.82 Å². The van der Waals surface area contributed by atoms with Gasteiger partial charge in [0.25, 0.3) is 0 Å². The maximum absolute atomic E-state index is 12.5. The Hall–Kier alpha value is -1.90. The van der Waals surface area contributed by atoms with Crippen molar-refractivity contribution >= 4 is 18.9 Å². The second kappa shape index (κ2) is 8.20. The van der Waals surface area contributed by atoms with Crippen LogP contribution in [0.3, 0.4) is 0 Å². The van der Waals surface area contributed by atoms with Crippen LogP contribution in [0.4, 0.5) is 0 Å². The molecule has 1 fully saturated rings. The van der Waals surface area contributed by atoms with Gasteiger partial charge in [-0.25, -0.2) is 4.79 Å². The van der Waals surface area contributed by atoms with E-state index in [9.17, 15) is 19.7 Å². The number of benzene rings is 1. The number of piperidine rings is 1. The summed E-state index contributed by atoms with van der Waals surface area (Å²) in [6.07, 6.45) is 2.71. The van der Waals surface area contributed by atoms with E-state index in [2.05, 4.69) is 10.2 Å². The average Bonchev–Trinajstić information content (AvgIpc) is 2.62.